The zero-order valence-corrected chi connectivity index (χ0v) is 11.8. The molecule has 6 heteroatoms. The van der Waals surface area contributed by atoms with Crippen LogP contribution in [0.5, 0.6) is 0 Å². The van der Waals surface area contributed by atoms with E-state index in [1.54, 1.807) is 6.92 Å². The molecule has 1 saturated carbocycles. The van der Waals surface area contributed by atoms with Crippen molar-refractivity contribution in [2.24, 2.45) is 0 Å². The van der Waals surface area contributed by atoms with E-state index in [4.69, 9.17) is 4.74 Å². The summed E-state index contributed by atoms with van der Waals surface area (Å²) in [6.45, 7) is 2.50. The average Bonchev–Trinajstić information content (AvgIpc) is 3.05. The minimum Gasteiger partial charge on any atom is -0.461 e. The maximum atomic E-state index is 11.9. The Kier molecular flexibility index (Phi) is 4.90. The van der Waals surface area contributed by atoms with Crippen LogP contribution in [0.4, 0.5) is 0 Å². The maximum Gasteiger partial charge on any atom is 0.358 e. The average molecular weight is 282 g/mol. The molecule has 0 saturated heterocycles. The van der Waals surface area contributed by atoms with Gasteiger partial charge in [0.25, 0.3) is 0 Å². The van der Waals surface area contributed by atoms with Crippen molar-refractivity contribution in [3.8, 4) is 0 Å². The Morgan fingerprint density at radius 2 is 2.26 bits per heavy atom. The molecule has 1 aliphatic rings. The van der Waals surface area contributed by atoms with Gasteiger partial charge in [-0.1, -0.05) is 12.8 Å². The molecule has 19 heavy (non-hydrogen) atoms. The molecule has 0 aromatic carbocycles. The second kappa shape index (κ2) is 6.65. The molecule has 2 rings (SSSR count). The van der Waals surface area contributed by atoms with E-state index in [0.717, 1.165) is 22.7 Å². The standard InChI is InChI=1S/C13H18N2O3S/c1-2-18-13(17)11-12(9-5-3-4-6-9)19-10(15-11)7-14-8-16/h8-9H,2-7H2,1H3,(H,14,16). The maximum absolute atomic E-state index is 11.9. The fourth-order valence-electron chi connectivity index (χ4n) is 2.39. The number of carbonyl (C=O) groups excluding carboxylic acids is 2. The molecule has 0 spiro atoms. The van der Waals surface area contributed by atoms with E-state index in [2.05, 4.69) is 10.3 Å². The third-order valence-electron chi connectivity index (χ3n) is 3.23. The summed E-state index contributed by atoms with van der Waals surface area (Å²) in [7, 11) is 0. The highest BCUT2D eigenvalue weighted by atomic mass is 32.1. The number of nitrogens with zero attached hydrogens (tertiary/aromatic N) is 1. The zero-order valence-electron chi connectivity index (χ0n) is 11.0. The first-order valence-electron chi connectivity index (χ1n) is 6.60. The number of amides is 1. The van der Waals surface area contributed by atoms with Crippen LogP contribution in [-0.4, -0.2) is 24.0 Å². The predicted molar refractivity (Wildman–Crippen MR) is 72.2 cm³/mol. The molecule has 1 amide bonds. The highest BCUT2D eigenvalue weighted by Crippen LogP contribution is 2.39. The van der Waals surface area contributed by atoms with Crippen molar-refractivity contribution in [1.29, 1.82) is 0 Å². The summed E-state index contributed by atoms with van der Waals surface area (Å²) in [4.78, 5) is 27.6. The summed E-state index contributed by atoms with van der Waals surface area (Å²) in [6, 6.07) is 0. The van der Waals surface area contributed by atoms with Crippen LogP contribution in [0.15, 0.2) is 0 Å². The van der Waals surface area contributed by atoms with Gasteiger partial charge in [-0.15, -0.1) is 11.3 Å². The Morgan fingerprint density at radius 3 is 2.89 bits per heavy atom. The molecule has 1 heterocycles. The third-order valence-corrected chi connectivity index (χ3v) is 4.45. The van der Waals surface area contributed by atoms with E-state index < -0.39 is 0 Å². The van der Waals surface area contributed by atoms with Gasteiger partial charge in [0.1, 0.15) is 5.01 Å². The van der Waals surface area contributed by atoms with Crippen LogP contribution in [0.2, 0.25) is 0 Å². The van der Waals surface area contributed by atoms with Gasteiger partial charge in [0.2, 0.25) is 6.41 Å². The molecule has 0 radical (unpaired) electrons. The van der Waals surface area contributed by atoms with Crippen LogP contribution in [0.3, 0.4) is 0 Å². The summed E-state index contributed by atoms with van der Waals surface area (Å²) >= 11 is 1.52. The quantitative estimate of drug-likeness (QED) is 0.641. The van der Waals surface area contributed by atoms with Gasteiger partial charge in [-0.2, -0.15) is 0 Å². The number of rotatable bonds is 6. The smallest absolute Gasteiger partial charge is 0.358 e. The monoisotopic (exact) mass is 282 g/mol. The molecular weight excluding hydrogens is 264 g/mol. The minimum atomic E-state index is -0.349. The summed E-state index contributed by atoms with van der Waals surface area (Å²) in [5.74, 6) is 0.0693. The first-order chi connectivity index (χ1) is 9.26. The van der Waals surface area contributed by atoms with E-state index in [0.29, 0.717) is 31.2 Å². The van der Waals surface area contributed by atoms with E-state index in [9.17, 15) is 9.59 Å². The van der Waals surface area contributed by atoms with Gasteiger partial charge >= 0.3 is 5.97 Å². The zero-order chi connectivity index (χ0) is 13.7. The first kappa shape index (κ1) is 14.0. The molecule has 0 aliphatic heterocycles. The van der Waals surface area contributed by atoms with E-state index >= 15 is 0 Å². The normalized spacial score (nSPS) is 15.4. The van der Waals surface area contributed by atoms with Crippen molar-refractivity contribution < 1.29 is 14.3 Å². The highest BCUT2D eigenvalue weighted by molar-refractivity contribution is 7.12. The molecule has 1 N–H and O–H groups in total. The number of ether oxygens (including phenoxy) is 1. The molecule has 104 valence electrons. The molecule has 1 aliphatic carbocycles. The Labute approximate surface area is 116 Å². The topological polar surface area (TPSA) is 68.3 Å². The van der Waals surface area contributed by atoms with Gasteiger partial charge in [-0.05, 0) is 25.7 Å². The lowest BCUT2D eigenvalue weighted by Crippen LogP contribution is -2.11. The van der Waals surface area contributed by atoms with Crippen LogP contribution < -0.4 is 5.32 Å². The second-order valence-electron chi connectivity index (χ2n) is 4.52. The van der Waals surface area contributed by atoms with Gasteiger partial charge in [0.15, 0.2) is 5.69 Å². The van der Waals surface area contributed by atoms with Crippen molar-refractivity contribution >= 4 is 23.7 Å². The van der Waals surface area contributed by atoms with Crippen LogP contribution in [0.25, 0.3) is 0 Å². The van der Waals surface area contributed by atoms with Crippen LogP contribution in [0, 0.1) is 0 Å². The number of thiazole rings is 1. The van der Waals surface area contributed by atoms with Gasteiger partial charge in [-0.25, -0.2) is 9.78 Å². The highest BCUT2D eigenvalue weighted by Gasteiger charge is 2.27. The fraction of sp³-hybridized carbons (Fsp3) is 0.615. The molecule has 1 aromatic rings. The fourth-order valence-corrected chi connectivity index (χ4v) is 3.57. The van der Waals surface area contributed by atoms with Crippen molar-refractivity contribution in [2.45, 2.75) is 45.1 Å². The Hall–Kier alpha value is -1.43. The van der Waals surface area contributed by atoms with Crippen LogP contribution in [0.1, 0.15) is 58.9 Å². The lowest BCUT2D eigenvalue weighted by Gasteiger charge is -2.07. The van der Waals surface area contributed by atoms with Gasteiger partial charge in [0.05, 0.1) is 13.2 Å². The van der Waals surface area contributed by atoms with Crippen molar-refractivity contribution in [3.63, 3.8) is 0 Å². The second-order valence-corrected chi connectivity index (χ2v) is 5.64. The number of carbonyl (C=O) groups is 2. The largest absolute Gasteiger partial charge is 0.461 e. The number of esters is 1. The van der Waals surface area contributed by atoms with E-state index in [1.165, 1.54) is 24.2 Å². The van der Waals surface area contributed by atoms with Crippen molar-refractivity contribution in [2.75, 3.05) is 6.61 Å². The molecule has 1 fully saturated rings. The number of hydrogen-bond acceptors (Lipinski definition) is 5. The summed E-state index contributed by atoms with van der Waals surface area (Å²) < 4.78 is 5.06. The van der Waals surface area contributed by atoms with Crippen LogP contribution >= 0.6 is 11.3 Å². The van der Waals surface area contributed by atoms with Crippen LogP contribution in [-0.2, 0) is 16.1 Å². The van der Waals surface area contributed by atoms with Gasteiger partial charge in [-0.3, -0.25) is 4.79 Å². The molecule has 0 bridgehead atoms. The third kappa shape index (κ3) is 3.32. The Morgan fingerprint density at radius 1 is 1.53 bits per heavy atom. The van der Waals surface area contributed by atoms with Gasteiger partial charge < -0.3 is 10.1 Å². The summed E-state index contributed by atoms with van der Waals surface area (Å²) in [5.41, 5.74) is 0.446. The van der Waals surface area contributed by atoms with Gasteiger partial charge in [0, 0.05) is 4.88 Å². The van der Waals surface area contributed by atoms with E-state index in [-0.39, 0.29) is 5.97 Å². The SMILES string of the molecule is CCOC(=O)c1nc(CNC=O)sc1C1CCCC1. The Bertz CT molecular complexity index is 453. The minimum absolute atomic E-state index is 0.349. The van der Waals surface area contributed by atoms with E-state index in [1.807, 2.05) is 0 Å². The van der Waals surface area contributed by atoms with Crippen molar-refractivity contribution in [3.05, 3.63) is 15.6 Å². The lowest BCUT2D eigenvalue weighted by molar-refractivity contribution is -0.109. The molecule has 0 atom stereocenters. The predicted octanol–water partition coefficient (Wildman–Crippen LogP) is 2.22. The first-order valence-corrected chi connectivity index (χ1v) is 7.41. The number of nitrogens with one attached hydrogen (secondary N) is 1. The van der Waals surface area contributed by atoms with Crippen molar-refractivity contribution in [1.82, 2.24) is 10.3 Å². The Balaban J connectivity index is 2.23. The molecule has 1 aromatic heterocycles. The number of aromatic nitrogens is 1. The molecule has 5 nitrogen and oxygen atoms in total. The molecule has 0 unspecified atom stereocenters. The number of hydrogen-bond donors (Lipinski definition) is 1. The molecular formula is C13H18N2O3S. The summed E-state index contributed by atoms with van der Waals surface area (Å²) in [6.07, 6.45) is 5.25. The lowest BCUT2D eigenvalue weighted by atomic mass is 10.1. The summed E-state index contributed by atoms with van der Waals surface area (Å²) in [5, 5.41) is 3.34.